The van der Waals surface area contributed by atoms with Gasteiger partial charge >= 0.3 is 11.9 Å². The minimum Gasteiger partial charge on any atom is -0.481 e. The molecule has 0 bridgehead atoms. The van der Waals surface area contributed by atoms with Gasteiger partial charge in [0.2, 0.25) is 0 Å². The number of carbonyl (C=O) groups excluding carboxylic acids is 1. The summed E-state index contributed by atoms with van der Waals surface area (Å²) in [7, 11) is 0. The first-order valence-corrected chi connectivity index (χ1v) is 8.16. The zero-order valence-electron chi connectivity index (χ0n) is 13.3. The molecule has 0 aromatic heterocycles. The predicted octanol–water partition coefficient (Wildman–Crippen LogP) is 3.55. The molecule has 0 aliphatic heterocycles. The molecule has 2 rings (SSSR count). The van der Waals surface area contributed by atoms with E-state index in [0.29, 0.717) is 17.1 Å². The first-order chi connectivity index (χ1) is 11.9. The number of nitro groups is 1. The van der Waals surface area contributed by atoms with E-state index >= 15 is 0 Å². The van der Waals surface area contributed by atoms with Crippen LogP contribution in [0.15, 0.2) is 52.3 Å². The molecule has 0 amide bonds. The van der Waals surface area contributed by atoms with Gasteiger partial charge in [-0.05, 0) is 37.3 Å². The van der Waals surface area contributed by atoms with Gasteiger partial charge in [0.05, 0.1) is 23.5 Å². The molecule has 7 nitrogen and oxygen atoms in total. The fourth-order valence-corrected chi connectivity index (χ4v) is 2.95. The smallest absolute Gasteiger partial charge is 0.338 e. The summed E-state index contributed by atoms with van der Waals surface area (Å²) in [6.07, 6.45) is -0.407. The molecule has 0 heterocycles. The molecule has 0 saturated carbocycles. The Bertz CT molecular complexity index is 803. The number of carboxylic acid groups (broad SMARTS) is 1. The van der Waals surface area contributed by atoms with E-state index < -0.39 is 23.3 Å². The van der Waals surface area contributed by atoms with Crippen molar-refractivity contribution in [3.63, 3.8) is 0 Å². The maximum atomic E-state index is 11.6. The molecule has 2 aromatic rings. The van der Waals surface area contributed by atoms with E-state index in [-0.39, 0.29) is 11.3 Å². The van der Waals surface area contributed by atoms with Crippen LogP contribution in [-0.4, -0.2) is 28.6 Å². The summed E-state index contributed by atoms with van der Waals surface area (Å²) in [6.45, 7) is 2.02. The highest BCUT2D eigenvalue weighted by Gasteiger charge is 2.17. The van der Waals surface area contributed by atoms with Gasteiger partial charge in [-0.3, -0.25) is 14.9 Å². The van der Waals surface area contributed by atoms with E-state index in [1.54, 1.807) is 37.3 Å². The fraction of sp³-hybridized carbons (Fsp3) is 0.176. The molecule has 130 valence electrons. The first kappa shape index (κ1) is 18.5. The SMILES string of the molecule is CCOC(=O)c1ccc(Sc2ccc(CC(=O)O)c([N+](=O)[O-])c2)cc1. The predicted molar refractivity (Wildman–Crippen MR) is 91.0 cm³/mol. The van der Waals surface area contributed by atoms with Crippen LogP contribution in [0.3, 0.4) is 0 Å². The highest BCUT2D eigenvalue weighted by atomic mass is 32.2. The van der Waals surface area contributed by atoms with Crippen molar-refractivity contribution in [3.8, 4) is 0 Å². The Kier molecular flexibility index (Phi) is 6.13. The Morgan fingerprint density at radius 2 is 1.80 bits per heavy atom. The molecular weight excluding hydrogens is 346 g/mol. The molecule has 0 aliphatic carbocycles. The molecular formula is C17H15NO6S. The maximum absolute atomic E-state index is 11.6. The molecule has 0 fully saturated rings. The van der Waals surface area contributed by atoms with Crippen LogP contribution in [-0.2, 0) is 16.0 Å². The zero-order valence-corrected chi connectivity index (χ0v) is 14.1. The van der Waals surface area contributed by atoms with Crippen molar-refractivity contribution in [2.45, 2.75) is 23.1 Å². The van der Waals surface area contributed by atoms with E-state index in [9.17, 15) is 19.7 Å². The second-order valence-corrected chi connectivity index (χ2v) is 6.11. The number of carbonyl (C=O) groups is 2. The summed E-state index contributed by atoms with van der Waals surface area (Å²) in [4.78, 5) is 34.3. The van der Waals surface area contributed by atoms with Gasteiger partial charge in [-0.2, -0.15) is 0 Å². The van der Waals surface area contributed by atoms with Gasteiger partial charge < -0.3 is 9.84 Å². The number of nitrogens with zero attached hydrogens (tertiary/aromatic N) is 1. The Morgan fingerprint density at radius 1 is 1.16 bits per heavy atom. The minimum absolute atomic E-state index is 0.152. The molecule has 25 heavy (non-hydrogen) atoms. The van der Waals surface area contributed by atoms with Gasteiger partial charge in [-0.25, -0.2) is 4.79 Å². The largest absolute Gasteiger partial charge is 0.481 e. The average Bonchev–Trinajstić information content (AvgIpc) is 2.56. The number of nitro benzene ring substituents is 1. The van der Waals surface area contributed by atoms with Crippen LogP contribution in [0.25, 0.3) is 0 Å². The maximum Gasteiger partial charge on any atom is 0.338 e. The Balaban J connectivity index is 2.19. The number of rotatable bonds is 7. The lowest BCUT2D eigenvalue weighted by Crippen LogP contribution is -2.04. The van der Waals surface area contributed by atoms with Crippen molar-refractivity contribution >= 4 is 29.4 Å². The molecule has 2 aromatic carbocycles. The molecule has 0 spiro atoms. The third-order valence-electron chi connectivity index (χ3n) is 3.20. The zero-order chi connectivity index (χ0) is 18.4. The number of esters is 1. The van der Waals surface area contributed by atoms with Gasteiger partial charge in [0.25, 0.3) is 5.69 Å². The summed E-state index contributed by atoms with van der Waals surface area (Å²) >= 11 is 1.28. The Hall–Kier alpha value is -2.87. The Morgan fingerprint density at radius 3 is 2.36 bits per heavy atom. The minimum atomic E-state index is -1.13. The lowest BCUT2D eigenvalue weighted by atomic mass is 10.1. The molecule has 8 heteroatoms. The molecule has 1 N–H and O–H groups in total. The van der Waals surface area contributed by atoms with Crippen molar-refractivity contribution in [1.29, 1.82) is 0 Å². The number of carboxylic acids is 1. The first-order valence-electron chi connectivity index (χ1n) is 7.35. The van der Waals surface area contributed by atoms with E-state index in [0.717, 1.165) is 4.90 Å². The average molecular weight is 361 g/mol. The third kappa shape index (κ3) is 5.05. The lowest BCUT2D eigenvalue weighted by molar-refractivity contribution is -0.385. The van der Waals surface area contributed by atoms with Crippen LogP contribution in [0.1, 0.15) is 22.8 Å². The number of hydrogen-bond acceptors (Lipinski definition) is 6. The van der Waals surface area contributed by atoms with Crippen molar-refractivity contribution in [2.75, 3.05) is 6.61 Å². The van der Waals surface area contributed by atoms with Crippen LogP contribution >= 0.6 is 11.8 Å². The number of aliphatic carboxylic acids is 1. The summed E-state index contributed by atoms with van der Waals surface area (Å²) in [5, 5.41) is 20.0. The van der Waals surface area contributed by atoms with E-state index in [1.165, 1.54) is 23.9 Å². The summed E-state index contributed by atoms with van der Waals surface area (Å²) in [5.41, 5.74) is 0.351. The third-order valence-corrected chi connectivity index (χ3v) is 4.19. The van der Waals surface area contributed by atoms with Crippen LogP contribution in [0, 0.1) is 10.1 Å². The Labute approximate surface area is 147 Å². The van der Waals surface area contributed by atoms with E-state index in [4.69, 9.17) is 9.84 Å². The lowest BCUT2D eigenvalue weighted by Gasteiger charge is -2.06. The number of benzene rings is 2. The van der Waals surface area contributed by atoms with Crippen LogP contribution in [0.2, 0.25) is 0 Å². The van der Waals surface area contributed by atoms with Crippen LogP contribution in [0.5, 0.6) is 0 Å². The molecule has 0 atom stereocenters. The summed E-state index contributed by atoms with van der Waals surface area (Å²) < 4.78 is 4.90. The molecule has 0 unspecified atom stereocenters. The molecule has 0 aliphatic rings. The van der Waals surface area contributed by atoms with Crippen molar-refractivity contribution in [2.24, 2.45) is 0 Å². The monoisotopic (exact) mass is 361 g/mol. The summed E-state index contributed by atoms with van der Waals surface area (Å²) in [6, 6.07) is 11.1. The van der Waals surface area contributed by atoms with Gasteiger partial charge in [-0.15, -0.1) is 0 Å². The van der Waals surface area contributed by atoms with Gasteiger partial charge in [-0.1, -0.05) is 17.8 Å². The second-order valence-electron chi connectivity index (χ2n) is 4.97. The van der Waals surface area contributed by atoms with Gasteiger partial charge in [0.1, 0.15) is 0 Å². The van der Waals surface area contributed by atoms with Crippen LogP contribution in [0.4, 0.5) is 5.69 Å². The molecule has 0 saturated heterocycles. The van der Waals surface area contributed by atoms with E-state index in [1.807, 2.05) is 0 Å². The second kappa shape index (κ2) is 8.29. The normalized spacial score (nSPS) is 10.3. The molecule has 0 radical (unpaired) electrons. The van der Waals surface area contributed by atoms with E-state index in [2.05, 4.69) is 0 Å². The standard InChI is InChI=1S/C17H15NO6S/c1-2-24-17(21)11-3-6-13(7-4-11)25-14-8-5-12(9-16(19)20)15(10-14)18(22)23/h3-8,10H,2,9H2,1H3,(H,19,20). The topological polar surface area (TPSA) is 107 Å². The summed E-state index contributed by atoms with van der Waals surface area (Å²) in [5.74, 6) is -1.54. The number of ether oxygens (including phenoxy) is 1. The van der Waals surface area contributed by atoms with Crippen LogP contribution < -0.4 is 0 Å². The fourth-order valence-electron chi connectivity index (χ4n) is 2.10. The van der Waals surface area contributed by atoms with Crippen molar-refractivity contribution in [1.82, 2.24) is 0 Å². The quantitative estimate of drug-likeness (QED) is 0.456. The van der Waals surface area contributed by atoms with Crippen molar-refractivity contribution < 1.29 is 24.4 Å². The van der Waals surface area contributed by atoms with Gasteiger partial charge in [0.15, 0.2) is 0 Å². The van der Waals surface area contributed by atoms with Crippen molar-refractivity contribution in [3.05, 3.63) is 63.7 Å². The number of hydrogen-bond donors (Lipinski definition) is 1. The highest BCUT2D eigenvalue weighted by Crippen LogP contribution is 2.32. The van der Waals surface area contributed by atoms with Gasteiger partial charge in [0, 0.05) is 21.4 Å². The highest BCUT2D eigenvalue weighted by molar-refractivity contribution is 7.99.